The van der Waals surface area contributed by atoms with Gasteiger partial charge >= 0.3 is 0 Å². The average molecular weight is 63.1 g/mol. The van der Waals surface area contributed by atoms with Crippen molar-refractivity contribution in [2.24, 2.45) is 0 Å². The Hall–Kier alpha value is -0.0400. The summed E-state index contributed by atoms with van der Waals surface area (Å²) in [6.07, 6.45) is 0. The molecule has 0 spiro atoms. The molecule has 0 saturated carbocycles. The summed E-state index contributed by atoms with van der Waals surface area (Å²) in [5, 5.41) is 1.96. The first-order chi connectivity index (χ1) is 4.21. The van der Waals surface area contributed by atoms with Gasteiger partial charge in [-0.1, -0.05) is 0 Å². The summed E-state index contributed by atoms with van der Waals surface area (Å²) in [7, 11) is 0. The standard InChI is InChI=1S/C3H7N/c1-3-2-4-3/h3-4H,2H2,1H3/i1D3,2D2,3D. The first-order valence-electron chi connectivity index (χ1n) is 4.00. The number of rotatable bonds is 0. The molecule has 1 saturated heterocycles. The van der Waals surface area contributed by atoms with Gasteiger partial charge in [0.15, 0.2) is 0 Å². The highest BCUT2D eigenvalue weighted by molar-refractivity contribution is 4.76. The SMILES string of the molecule is [2H]C([2H])([2H])C1([2H])NC1([2H])[2H]. The highest BCUT2D eigenvalue weighted by Gasteiger charge is 2.10. The fourth-order valence-corrected chi connectivity index (χ4v) is 0.0312. The van der Waals surface area contributed by atoms with Gasteiger partial charge in [-0.25, -0.2) is 0 Å². The van der Waals surface area contributed by atoms with Gasteiger partial charge < -0.3 is 5.32 Å². The molecule has 1 rings (SSSR count). The second-order valence-corrected chi connectivity index (χ2v) is 0.625. The monoisotopic (exact) mass is 63.1 g/mol. The van der Waals surface area contributed by atoms with Crippen molar-refractivity contribution >= 4 is 0 Å². The minimum absolute atomic E-state index is 1.96. The van der Waals surface area contributed by atoms with Gasteiger partial charge in [0.1, 0.15) is 0 Å². The lowest BCUT2D eigenvalue weighted by atomic mass is 10.6. The van der Waals surface area contributed by atoms with Crippen LogP contribution in [0.15, 0.2) is 0 Å². The molecule has 0 radical (unpaired) electrons. The maximum absolute atomic E-state index is 7.05. The highest BCUT2D eigenvalue weighted by Crippen LogP contribution is 1.88. The molecular weight excluding hydrogens is 50.0 g/mol. The lowest BCUT2D eigenvalue weighted by Gasteiger charge is -1.53. The first kappa shape index (κ1) is 0.350. The second kappa shape index (κ2) is 0.462. The average Bonchev–Trinajstić information content (AvgIpc) is 2.05. The van der Waals surface area contributed by atoms with Crippen LogP contribution in [-0.2, 0) is 0 Å². The summed E-state index contributed by atoms with van der Waals surface area (Å²) in [6, 6.07) is -2.08. The van der Waals surface area contributed by atoms with Crippen molar-refractivity contribution in [3.05, 3.63) is 0 Å². The third kappa shape index (κ3) is 0.206. The lowest BCUT2D eigenvalue weighted by Crippen LogP contribution is -1.72. The molecule has 0 aromatic rings. The molecule has 1 fully saturated rings. The number of hydrogen-bond donors (Lipinski definition) is 1. The molecule has 1 atom stereocenters. The topological polar surface area (TPSA) is 21.9 Å². The van der Waals surface area contributed by atoms with Gasteiger partial charge in [-0.15, -0.1) is 0 Å². The van der Waals surface area contributed by atoms with Gasteiger partial charge in [-0.3, -0.25) is 0 Å². The van der Waals surface area contributed by atoms with Crippen molar-refractivity contribution < 1.29 is 8.22 Å². The van der Waals surface area contributed by atoms with Crippen LogP contribution in [0.5, 0.6) is 0 Å². The van der Waals surface area contributed by atoms with Crippen LogP contribution in [0.4, 0.5) is 0 Å². The molecule has 1 heteroatoms. The Morgan fingerprint density at radius 1 is 3.00 bits per heavy atom. The van der Waals surface area contributed by atoms with Crippen LogP contribution in [0.2, 0.25) is 0 Å². The predicted octanol–water partition coefficient (Wildman–Crippen LogP) is -0.0219. The van der Waals surface area contributed by atoms with Gasteiger partial charge in [0.2, 0.25) is 0 Å². The molecule has 0 aliphatic carbocycles. The zero-order valence-electron chi connectivity index (χ0n) is 8.00. The molecule has 4 heavy (non-hydrogen) atoms. The quantitative estimate of drug-likeness (QED) is 0.392. The van der Waals surface area contributed by atoms with Crippen LogP contribution < -0.4 is 5.32 Å². The van der Waals surface area contributed by atoms with Crippen LogP contribution in [0.25, 0.3) is 0 Å². The molecule has 1 aliphatic rings. The van der Waals surface area contributed by atoms with Crippen LogP contribution >= 0.6 is 0 Å². The van der Waals surface area contributed by atoms with Crippen molar-refractivity contribution in [3.8, 4) is 0 Å². The summed E-state index contributed by atoms with van der Waals surface area (Å²) in [6.45, 7) is -4.64. The van der Waals surface area contributed by atoms with Crippen molar-refractivity contribution in [2.75, 3.05) is 6.50 Å². The molecule has 24 valence electrons. The molecule has 0 aromatic carbocycles. The van der Waals surface area contributed by atoms with E-state index >= 15 is 0 Å². The molecule has 1 heterocycles. The molecule has 0 aromatic heterocycles. The van der Waals surface area contributed by atoms with E-state index in [-0.39, 0.29) is 0 Å². The molecular formula is C3H7N. The van der Waals surface area contributed by atoms with Crippen molar-refractivity contribution in [1.29, 1.82) is 0 Å². The van der Waals surface area contributed by atoms with E-state index in [9.17, 15) is 0 Å². The van der Waals surface area contributed by atoms with E-state index in [4.69, 9.17) is 8.22 Å². The van der Waals surface area contributed by atoms with E-state index in [2.05, 4.69) is 0 Å². The summed E-state index contributed by atoms with van der Waals surface area (Å²) in [5.41, 5.74) is 0. The van der Waals surface area contributed by atoms with Crippen LogP contribution in [-0.4, -0.2) is 12.5 Å². The minimum Gasteiger partial charge on any atom is -0.311 e. The summed E-state index contributed by atoms with van der Waals surface area (Å²) < 4.78 is 41.0. The van der Waals surface area contributed by atoms with Crippen LogP contribution in [0, 0.1) is 0 Å². The molecule has 1 nitrogen and oxygen atoms in total. The Kier molecular flexibility index (Phi) is 0.0404. The molecule has 1 unspecified atom stereocenters. The Balaban J connectivity index is 2.78. The Morgan fingerprint density at radius 3 is 3.75 bits per heavy atom. The number of hydrogen-bond acceptors (Lipinski definition) is 1. The zero-order valence-corrected chi connectivity index (χ0v) is 2.00. The smallest absolute Gasteiger partial charge is 0.0475 e. The zero-order chi connectivity index (χ0) is 8.21. The fraction of sp³-hybridized carbons (Fsp3) is 1.00. The maximum Gasteiger partial charge on any atom is 0.0475 e. The van der Waals surface area contributed by atoms with E-state index in [0.717, 1.165) is 0 Å². The third-order valence-corrected chi connectivity index (χ3v) is 0.250. The van der Waals surface area contributed by atoms with Gasteiger partial charge in [-0.2, -0.15) is 0 Å². The fourth-order valence-electron chi connectivity index (χ4n) is 0.0312. The largest absolute Gasteiger partial charge is 0.311 e. The second-order valence-electron chi connectivity index (χ2n) is 0.625. The van der Waals surface area contributed by atoms with Gasteiger partial charge in [-0.05, 0) is 6.85 Å². The normalized spacial score (nSPS) is 96.0. The Labute approximate surface area is 34.4 Å². The first-order valence-corrected chi connectivity index (χ1v) is 1.00. The predicted molar refractivity (Wildman–Crippen MR) is 17.5 cm³/mol. The minimum atomic E-state index is -2.59. The summed E-state index contributed by atoms with van der Waals surface area (Å²) >= 11 is 0. The third-order valence-electron chi connectivity index (χ3n) is 0.250. The van der Waals surface area contributed by atoms with E-state index < -0.39 is 19.4 Å². The van der Waals surface area contributed by atoms with E-state index in [1.807, 2.05) is 5.32 Å². The molecule has 0 amide bonds. The van der Waals surface area contributed by atoms with Crippen LogP contribution in [0.1, 0.15) is 15.1 Å². The van der Waals surface area contributed by atoms with Gasteiger partial charge in [0.05, 0.1) is 0 Å². The molecule has 1 N–H and O–H groups in total. The maximum atomic E-state index is 7.05. The van der Waals surface area contributed by atoms with Crippen LogP contribution in [0.3, 0.4) is 0 Å². The summed E-state index contributed by atoms with van der Waals surface area (Å²) in [5.74, 6) is 0. The highest BCUT2D eigenvalue weighted by atomic mass is 15.1. The van der Waals surface area contributed by atoms with Gasteiger partial charge in [0.25, 0.3) is 0 Å². The molecule has 1 aliphatic heterocycles. The lowest BCUT2D eigenvalue weighted by molar-refractivity contribution is 1.09. The number of nitrogens with one attached hydrogen (secondary N) is 1. The van der Waals surface area contributed by atoms with Crippen molar-refractivity contribution in [1.82, 2.24) is 5.32 Å². The van der Waals surface area contributed by atoms with Crippen molar-refractivity contribution in [2.45, 2.75) is 12.9 Å². The van der Waals surface area contributed by atoms with Gasteiger partial charge in [0, 0.05) is 20.7 Å². The Bertz CT molecular complexity index is 161. The molecule has 0 bridgehead atoms. The Morgan fingerprint density at radius 2 is 3.75 bits per heavy atom. The van der Waals surface area contributed by atoms with E-state index in [0.29, 0.717) is 0 Å². The van der Waals surface area contributed by atoms with E-state index in [1.165, 1.54) is 0 Å². The van der Waals surface area contributed by atoms with E-state index in [1.54, 1.807) is 0 Å². The van der Waals surface area contributed by atoms with Crippen molar-refractivity contribution in [3.63, 3.8) is 0 Å². The summed E-state index contributed by atoms with van der Waals surface area (Å²) in [4.78, 5) is 0.